The molecule has 0 aromatic heterocycles. The Morgan fingerprint density at radius 1 is 1.36 bits per heavy atom. The van der Waals surface area contributed by atoms with Crippen LogP contribution in [-0.2, 0) is 10.0 Å². The molecule has 0 bridgehead atoms. The molecule has 1 amide bonds. The van der Waals surface area contributed by atoms with Gasteiger partial charge in [0.05, 0.1) is 17.0 Å². The number of benzene rings is 1. The number of hydrogen-bond donors (Lipinski definition) is 3. The van der Waals surface area contributed by atoms with Crippen molar-refractivity contribution in [1.82, 2.24) is 10.6 Å². The lowest BCUT2D eigenvalue weighted by Gasteiger charge is -2.15. The van der Waals surface area contributed by atoms with Gasteiger partial charge in [-0.25, -0.2) is 8.42 Å². The maximum absolute atomic E-state index is 12.3. The minimum absolute atomic E-state index is 0. The van der Waals surface area contributed by atoms with Crippen LogP contribution in [0.2, 0.25) is 0 Å². The fourth-order valence-electron chi connectivity index (χ4n) is 2.30. The van der Waals surface area contributed by atoms with E-state index in [0.29, 0.717) is 17.7 Å². The third-order valence-electron chi connectivity index (χ3n) is 3.31. The van der Waals surface area contributed by atoms with Gasteiger partial charge in [0.15, 0.2) is 0 Å². The predicted octanol–water partition coefficient (Wildman–Crippen LogP) is 1.35. The number of halogens is 1. The fourth-order valence-corrected chi connectivity index (χ4v) is 3.45. The zero-order chi connectivity index (χ0) is 15.3. The number of carbonyl (C=O) groups excluding carboxylic acids is 1. The van der Waals surface area contributed by atoms with Crippen molar-refractivity contribution in [2.24, 2.45) is 0 Å². The summed E-state index contributed by atoms with van der Waals surface area (Å²) in [4.78, 5) is 12.3. The summed E-state index contributed by atoms with van der Waals surface area (Å²) in [7, 11) is -3.41. The van der Waals surface area contributed by atoms with Crippen LogP contribution in [0.15, 0.2) is 24.3 Å². The molecule has 1 atom stereocenters. The topological polar surface area (TPSA) is 87.3 Å². The molecule has 0 aliphatic carbocycles. The molecule has 1 aliphatic heterocycles. The maximum Gasteiger partial charge on any atom is 0.253 e. The largest absolute Gasteiger partial charge is 0.348 e. The van der Waals surface area contributed by atoms with Crippen molar-refractivity contribution >= 4 is 34.0 Å². The lowest BCUT2D eigenvalue weighted by atomic mass is 10.1. The van der Waals surface area contributed by atoms with Crippen molar-refractivity contribution in [3.05, 3.63) is 29.8 Å². The first kappa shape index (κ1) is 18.7. The molecule has 1 fully saturated rings. The van der Waals surface area contributed by atoms with Crippen molar-refractivity contribution < 1.29 is 13.2 Å². The second kappa shape index (κ2) is 8.36. The van der Waals surface area contributed by atoms with E-state index in [1.165, 1.54) is 0 Å². The number of amides is 1. The Labute approximate surface area is 137 Å². The van der Waals surface area contributed by atoms with E-state index < -0.39 is 10.0 Å². The van der Waals surface area contributed by atoms with Crippen LogP contribution in [0, 0.1) is 0 Å². The van der Waals surface area contributed by atoms with Crippen molar-refractivity contribution in [3.8, 4) is 0 Å². The summed E-state index contributed by atoms with van der Waals surface area (Å²) in [6.45, 7) is 3.43. The highest BCUT2D eigenvalue weighted by Gasteiger charge is 2.20. The van der Waals surface area contributed by atoms with Crippen LogP contribution in [0.4, 0.5) is 5.69 Å². The van der Waals surface area contributed by atoms with Crippen molar-refractivity contribution in [2.75, 3.05) is 23.6 Å². The number of hydrogen-bond acceptors (Lipinski definition) is 4. The number of anilines is 1. The number of nitrogens with one attached hydrogen (secondary N) is 3. The van der Waals surface area contributed by atoms with Crippen LogP contribution in [-0.4, -0.2) is 39.2 Å². The van der Waals surface area contributed by atoms with Crippen molar-refractivity contribution in [3.63, 3.8) is 0 Å². The summed E-state index contributed by atoms with van der Waals surface area (Å²) in [5.74, 6) is -0.214. The van der Waals surface area contributed by atoms with E-state index in [2.05, 4.69) is 15.4 Å². The zero-order valence-electron chi connectivity index (χ0n) is 12.5. The average molecular weight is 348 g/mol. The average Bonchev–Trinajstić information content (AvgIpc) is 2.91. The number of rotatable bonds is 6. The van der Waals surface area contributed by atoms with Gasteiger partial charge < -0.3 is 10.6 Å². The molecule has 6 nitrogen and oxygen atoms in total. The molecule has 0 saturated carbocycles. The van der Waals surface area contributed by atoms with E-state index in [0.717, 1.165) is 19.5 Å². The maximum atomic E-state index is 12.3. The predicted molar refractivity (Wildman–Crippen MR) is 90.1 cm³/mol. The second-order valence-corrected chi connectivity index (χ2v) is 6.97. The monoisotopic (exact) mass is 347 g/mol. The molecule has 1 saturated heterocycles. The van der Waals surface area contributed by atoms with Crippen LogP contribution in [0.1, 0.15) is 30.1 Å². The Morgan fingerprint density at radius 2 is 2.09 bits per heavy atom. The molecule has 124 valence electrons. The van der Waals surface area contributed by atoms with Crippen LogP contribution in [0.3, 0.4) is 0 Å². The Hall–Kier alpha value is -1.31. The molecule has 2 rings (SSSR count). The van der Waals surface area contributed by atoms with E-state index in [4.69, 9.17) is 0 Å². The van der Waals surface area contributed by atoms with Gasteiger partial charge in [0.2, 0.25) is 10.0 Å². The molecule has 3 N–H and O–H groups in total. The molecular weight excluding hydrogens is 326 g/mol. The third-order valence-corrected chi connectivity index (χ3v) is 4.78. The Balaban J connectivity index is 0.00000242. The fraction of sp³-hybridized carbons (Fsp3) is 0.500. The van der Waals surface area contributed by atoms with Gasteiger partial charge in [0, 0.05) is 12.6 Å². The van der Waals surface area contributed by atoms with Gasteiger partial charge >= 0.3 is 0 Å². The SMILES string of the molecule is CCCS(=O)(=O)Nc1ccccc1C(=O)NC1CCNC1.Cl. The molecular formula is C14H22ClN3O3S. The highest BCUT2D eigenvalue weighted by Crippen LogP contribution is 2.17. The summed E-state index contributed by atoms with van der Waals surface area (Å²) in [6.07, 6.45) is 1.41. The summed E-state index contributed by atoms with van der Waals surface area (Å²) in [5, 5.41) is 6.09. The second-order valence-electron chi connectivity index (χ2n) is 5.13. The Bertz CT molecular complexity index is 601. The van der Waals surface area contributed by atoms with Gasteiger partial charge in [-0.1, -0.05) is 19.1 Å². The lowest BCUT2D eigenvalue weighted by Crippen LogP contribution is -2.36. The minimum atomic E-state index is -3.41. The van der Waals surface area contributed by atoms with Gasteiger partial charge in [0.25, 0.3) is 5.91 Å². The Morgan fingerprint density at radius 3 is 2.73 bits per heavy atom. The highest BCUT2D eigenvalue weighted by atomic mass is 35.5. The molecule has 1 aromatic carbocycles. The summed E-state index contributed by atoms with van der Waals surface area (Å²) < 4.78 is 26.2. The molecule has 1 unspecified atom stereocenters. The molecule has 8 heteroatoms. The smallest absolute Gasteiger partial charge is 0.253 e. The van der Waals surface area contributed by atoms with Gasteiger partial charge in [0.1, 0.15) is 0 Å². The third kappa shape index (κ3) is 5.15. The summed E-state index contributed by atoms with van der Waals surface area (Å²) in [5.41, 5.74) is 0.679. The first-order chi connectivity index (χ1) is 10.0. The quantitative estimate of drug-likeness (QED) is 0.725. The number of sulfonamides is 1. The van der Waals surface area contributed by atoms with Gasteiger partial charge in [-0.3, -0.25) is 9.52 Å². The van der Waals surface area contributed by atoms with Gasteiger partial charge in [-0.2, -0.15) is 0 Å². The van der Waals surface area contributed by atoms with E-state index in [1.54, 1.807) is 31.2 Å². The van der Waals surface area contributed by atoms with Crippen LogP contribution >= 0.6 is 12.4 Å². The first-order valence-corrected chi connectivity index (χ1v) is 8.78. The first-order valence-electron chi connectivity index (χ1n) is 7.13. The minimum Gasteiger partial charge on any atom is -0.348 e. The van der Waals surface area contributed by atoms with E-state index in [9.17, 15) is 13.2 Å². The molecule has 0 spiro atoms. The zero-order valence-corrected chi connectivity index (χ0v) is 14.1. The van der Waals surface area contributed by atoms with Crippen LogP contribution in [0.25, 0.3) is 0 Å². The molecule has 1 aliphatic rings. The Kier molecular flexibility index (Phi) is 7.12. The van der Waals surface area contributed by atoms with Crippen molar-refractivity contribution in [2.45, 2.75) is 25.8 Å². The van der Waals surface area contributed by atoms with Crippen molar-refractivity contribution in [1.29, 1.82) is 0 Å². The van der Waals surface area contributed by atoms with Gasteiger partial charge in [-0.15, -0.1) is 12.4 Å². The molecule has 1 heterocycles. The van der Waals surface area contributed by atoms with E-state index in [-0.39, 0.29) is 30.1 Å². The number of carbonyl (C=O) groups is 1. The molecule has 22 heavy (non-hydrogen) atoms. The molecule has 0 radical (unpaired) electrons. The summed E-state index contributed by atoms with van der Waals surface area (Å²) >= 11 is 0. The number of para-hydroxylation sites is 1. The van der Waals surface area contributed by atoms with Gasteiger partial charge in [-0.05, 0) is 31.5 Å². The normalized spacial score (nSPS) is 17.6. The van der Waals surface area contributed by atoms with E-state index >= 15 is 0 Å². The standard InChI is InChI=1S/C14H21N3O3S.ClH/c1-2-9-21(19,20)17-13-6-4-3-5-12(13)14(18)16-11-7-8-15-10-11;/h3-6,11,15,17H,2,7-10H2,1H3,(H,16,18);1H. The lowest BCUT2D eigenvalue weighted by molar-refractivity contribution is 0.0941. The highest BCUT2D eigenvalue weighted by molar-refractivity contribution is 7.92. The van der Waals surface area contributed by atoms with Crippen LogP contribution < -0.4 is 15.4 Å². The van der Waals surface area contributed by atoms with Crippen LogP contribution in [0.5, 0.6) is 0 Å². The summed E-state index contributed by atoms with van der Waals surface area (Å²) in [6, 6.07) is 6.76. The van der Waals surface area contributed by atoms with E-state index in [1.807, 2.05) is 0 Å². The molecule has 1 aromatic rings.